The zero-order valence-electron chi connectivity index (χ0n) is 15.4. The third-order valence-corrected chi connectivity index (χ3v) is 6.21. The van der Waals surface area contributed by atoms with Gasteiger partial charge in [-0.05, 0) is 23.8 Å². The van der Waals surface area contributed by atoms with Crippen LogP contribution in [0.2, 0.25) is 10.0 Å². The average molecular weight is 460 g/mol. The van der Waals surface area contributed by atoms with Gasteiger partial charge in [0.15, 0.2) is 0 Å². The van der Waals surface area contributed by atoms with Crippen LogP contribution in [0.25, 0.3) is 6.08 Å². The monoisotopic (exact) mass is 459 g/mol. The Kier molecular flexibility index (Phi) is 6.08. The molecule has 2 heterocycles. The molecule has 2 aromatic carbocycles. The van der Waals surface area contributed by atoms with Crippen molar-refractivity contribution in [3.05, 3.63) is 87.3 Å². The van der Waals surface area contributed by atoms with Gasteiger partial charge >= 0.3 is 0 Å². The van der Waals surface area contributed by atoms with E-state index in [4.69, 9.17) is 23.2 Å². The van der Waals surface area contributed by atoms with Crippen LogP contribution >= 0.6 is 35.0 Å². The van der Waals surface area contributed by atoms with E-state index in [-0.39, 0.29) is 12.5 Å². The SMILES string of the molecule is O=C(Cn1cncn1)NN1C(=O)/C(=C/c2ccccc2Cl)SC1c1ccccc1Cl. The number of nitrogens with zero attached hydrogens (tertiary/aromatic N) is 4. The molecule has 0 bridgehead atoms. The predicted molar refractivity (Wildman–Crippen MR) is 116 cm³/mol. The summed E-state index contributed by atoms with van der Waals surface area (Å²) in [7, 11) is 0. The summed E-state index contributed by atoms with van der Waals surface area (Å²) in [5, 5.41) is 5.69. The minimum Gasteiger partial charge on any atom is -0.271 e. The number of carbonyl (C=O) groups excluding carboxylic acids is 2. The Bertz CT molecular complexity index is 1120. The summed E-state index contributed by atoms with van der Waals surface area (Å²) >= 11 is 13.9. The van der Waals surface area contributed by atoms with E-state index < -0.39 is 11.3 Å². The highest BCUT2D eigenvalue weighted by Gasteiger charge is 2.39. The van der Waals surface area contributed by atoms with Crippen molar-refractivity contribution in [1.82, 2.24) is 25.2 Å². The standard InChI is InChI=1S/C20H15Cl2N5O2S/c21-15-7-3-1-5-13(15)9-17-19(29)27(25-18(28)10-26-12-23-11-24-26)20(30-17)14-6-2-4-8-16(14)22/h1-9,11-12,20H,10H2,(H,25,28)/b17-9-. The number of hydrogen-bond donors (Lipinski definition) is 1. The topological polar surface area (TPSA) is 80.1 Å². The number of halogens is 2. The molecule has 152 valence electrons. The molecule has 1 aliphatic heterocycles. The smallest absolute Gasteiger partial charge is 0.271 e. The van der Waals surface area contributed by atoms with Crippen LogP contribution in [0.4, 0.5) is 0 Å². The first-order valence-electron chi connectivity index (χ1n) is 8.85. The number of hydrazine groups is 1. The van der Waals surface area contributed by atoms with Crippen LogP contribution in [-0.2, 0) is 16.1 Å². The minimum absolute atomic E-state index is 0.0761. The maximum absolute atomic E-state index is 13.2. The zero-order valence-corrected chi connectivity index (χ0v) is 17.7. The third-order valence-electron chi connectivity index (χ3n) is 4.28. The number of thioether (sulfide) groups is 1. The molecule has 0 saturated carbocycles. The van der Waals surface area contributed by atoms with E-state index in [2.05, 4.69) is 15.5 Å². The van der Waals surface area contributed by atoms with Gasteiger partial charge in [0.2, 0.25) is 0 Å². The molecule has 7 nitrogen and oxygen atoms in total. The maximum Gasteiger partial charge on any atom is 0.280 e. The van der Waals surface area contributed by atoms with E-state index in [1.807, 2.05) is 30.3 Å². The lowest BCUT2D eigenvalue weighted by atomic mass is 10.2. The molecular weight excluding hydrogens is 445 g/mol. The van der Waals surface area contributed by atoms with Crippen molar-refractivity contribution in [3.63, 3.8) is 0 Å². The molecule has 1 aromatic heterocycles. The number of benzene rings is 2. The van der Waals surface area contributed by atoms with Crippen LogP contribution in [0.3, 0.4) is 0 Å². The first kappa shape index (κ1) is 20.5. The molecule has 1 atom stereocenters. The van der Waals surface area contributed by atoms with E-state index in [1.54, 1.807) is 24.3 Å². The van der Waals surface area contributed by atoms with Gasteiger partial charge in [0.25, 0.3) is 11.8 Å². The molecule has 3 aromatic rings. The molecule has 10 heteroatoms. The first-order valence-corrected chi connectivity index (χ1v) is 10.5. The van der Waals surface area contributed by atoms with Gasteiger partial charge < -0.3 is 0 Å². The summed E-state index contributed by atoms with van der Waals surface area (Å²) in [5.41, 5.74) is 4.10. The van der Waals surface area contributed by atoms with Crippen LogP contribution in [0.1, 0.15) is 16.5 Å². The summed E-state index contributed by atoms with van der Waals surface area (Å²) in [6, 6.07) is 14.4. The van der Waals surface area contributed by atoms with Gasteiger partial charge in [0.1, 0.15) is 24.6 Å². The van der Waals surface area contributed by atoms with Gasteiger partial charge in [0, 0.05) is 15.6 Å². The zero-order chi connectivity index (χ0) is 21.1. The molecule has 1 unspecified atom stereocenters. The van der Waals surface area contributed by atoms with Crippen molar-refractivity contribution in [2.45, 2.75) is 11.9 Å². The van der Waals surface area contributed by atoms with Gasteiger partial charge in [-0.25, -0.2) is 14.7 Å². The van der Waals surface area contributed by atoms with E-state index in [0.717, 1.165) is 0 Å². The Morgan fingerprint density at radius 2 is 1.87 bits per heavy atom. The van der Waals surface area contributed by atoms with Crippen molar-refractivity contribution >= 4 is 52.9 Å². The number of aromatic nitrogens is 3. The Hall–Kier alpha value is -2.81. The van der Waals surface area contributed by atoms with Crippen LogP contribution < -0.4 is 5.43 Å². The number of hydrogen-bond acceptors (Lipinski definition) is 5. The average Bonchev–Trinajstić information content (AvgIpc) is 3.34. The van der Waals surface area contributed by atoms with Gasteiger partial charge in [-0.3, -0.25) is 15.0 Å². The van der Waals surface area contributed by atoms with E-state index in [0.29, 0.717) is 26.1 Å². The van der Waals surface area contributed by atoms with Gasteiger partial charge in [-0.1, -0.05) is 71.4 Å². The third kappa shape index (κ3) is 4.35. The van der Waals surface area contributed by atoms with Crippen LogP contribution in [-0.4, -0.2) is 31.6 Å². The molecule has 0 radical (unpaired) electrons. The number of amides is 2. The fraction of sp³-hybridized carbons (Fsp3) is 0.100. The maximum atomic E-state index is 13.2. The summed E-state index contributed by atoms with van der Waals surface area (Å²) in [6.45, 7) is -0.0761. The van der Waals surface area contributed by atoms with Crippen LogP contribution in [0, 0.1) is 0 Å². The number of rotatable bonds is 5. The van der Waals surface area contributed by atoms with Gasteiger partial charge in [-0.2, -0.15) is 5.10 Å². The summed E-state index contributed by atoms with van der Waals surface area (Å²) in [4.78, 5) is 29.9. The van der Waals surface area contributed by atoms with Crippen molar-refractivity contribution in [2.24, 2.45) is 0 Å². The molecule has 0 spiro atoms. The molecule has 30 heavy (non-hydrogen) atoms. The quantitative estimate of drug-likeness (QED) is 0.584. The molecule has 1 N–H and O–H groups in total. The highest BCUT2D eigenvalue weighted by atomic mass is 35.5. The molecular formula is C20H15Cl2N5O2S. The molecule has 2 amide bonds. The van der Waals surface area contributed by atoms with Gasteiger partial charge in [0.05, 0.1) is 4.91 Å². The summed E-state index contributed by atoms with van der Waals surface area (Å²) < 4.78 is 1.37. The van der Waals surface area contributed by atoms with E-state index in [9.17, 15) is 9.59 Å². The number of carbonyl (C=O) groups is 2. The first-order chi connectivity index (χ1) is 14.5. The number of nitrogens with one attached hydrogen (secondary N) is 1. The van der Waals surface area contributed by atoms with E-state index in [1.165, 1.54) is 34.1 Å². The minimum atomic E-state index is -0.528. The van der Waals surface area contributed by atoms with Crippen molar-refractivity contribution in [2.75, 3.05) is 0 Å². The second-order valence-electron chi connectivity index (χ2n) is 6.33. The fourth-order valence-corrected chi connectivity index (χ4v) is 4.61. The summed E-state index contributed by atoms with van der Waals surface area (Å²) in [6.07, 6.45) is 4.47. The highest BCUT2D eigenvalue weighted by molar-refractivity contribution is 8.04. The summed E-state index contributed by atoms with van der Waals surface area (Å²) in [5.74, 6) is -0.762. The Balaban J connectivity index is 1.65. The Morgan fingerprint density at radius 3 is 2.57 bits per heavy atom. The molecule has 1 aliphatic rings. The molecule has 4 rings (SSSR count). The Labute approximate surface area is 186 Å². The second-order valence-corrected chi connectivity index (χ2v) is 8.26. The molecule has 1 saturated heterocycles. The van der Waals surface area contributed by atoms with Crippen molar-refractivity contribution in [1.29, 1.82) is 0 Å². The lowest BCUT2D eigenvalue weighted by Crippen LogP contribution is -2.45. The lowest BCUT2D eigenvalue weighted by molar-refractivity contribution is -0.138. The lowest BCUT2D eigenvalue weighted by Gasteiger charge is -2.24. The Morgan fingerprint density at radius 1 is 1.13 bits per heavy atom. The second kappa shape index (κ2) is 8.91. The largest absolute Gasteiger partial charge is 0.280 e. The normalized spacial score (nSPS) is 17.5. The van der Waals surface area contributed by atoms with Gasteiger partial charge in [-0.15, -0.1) is 0 Å². The van der Waals surface area contributed by atoms with E-state index >= 15 is 0 Å². The predicted octanol–water partition coefficient (Wildman–Crippen LogP) is 3.93. The fourth-order valence-electron chi connectivity index (χ4n) is 2.90. The van der Waals surface area contributed by atoms with Crippen LogP contribution in [0.5, 0.6) is 0 Å². The van der Waals surface area contributed by atoms with Crippen LogP contribution in [0.15, 0.2) is 66.1 Å². The highest BCUT2D eigenvalue weighted by Crippen LogP contribution is 2.47. The van der Waals surface area contributed by atoms with Crippen molar-refractivity contribution in [3.8, 4) is 0 Å². The van der Waals surface area contributed by atoms with Crippen molar-refractivity contribution < 1.29 is 9.59 Å². The molecule has 1 fully saturated rings. The molecule has 0 aliphatic carbocycles.